The Morgan fingerprint density at radius 2 is 1.51 bits per heavy atom. The zero-order valence-electron chi connectivity index (χ0n) is 27.5. The molecule has 234 valence electrons. The van der Waals surface area contributed by atoms with Crippen molar-refractivity contribution in [3.8, 4) is 0 Å². The second-order valence-electron chi connectivity index (χ2n) is 14.5. The predicted molar refractivity (Wildman–Crippen MR) is 172 cm³/mol. The van der Waals surface area contributed by atoms with Crippen LogP contribution in [-0.4, -0.2) is 59.0 Å². The Morgan fingerprint density at radius 3 is 2.12 bits per heavy atom. The van der Waals surface area contributed by atoms with Gasteiger partial charge in [-0.05, 0) is 107 Å². The van der Waals surface area contributed by atoms with Crippen molar-refractivity contribution >= 4 is 23.6 Å². The lowest BCUT2D eigenvalue weighted by Gasteiger charge is -2.44. The number of ether oxygens (including phenoxy) is 1. The monoisotopic (exact) mass is 589 g/mol. The van der Waals surface area contributed by atoms with Crippen LogP contribution >= 0.6 is 0 Å². The molecule has 0 saturated carbocycles. The Hall–Kier alpha value is -3.35. The van der Waals surface area contributed by atoms with Crippen LogP contribution in [0.15, 0.2) is 42.5 Å². The predicted octanol–water partition coefficient (Wildman–Crippen LogP) is 7.50. The van der Waals surface area contributed by atoms with Gasteiger partial charge in [0.25, 0.3) is 5.91 Å². The molecule has 4 rings (SSSR count). The van der Waals surface area contributed by atoms with E-state index in [0.717, 1.165) is 60.0 Å². The van der Waals surface area contributed by atoms with Gasteiger partial charge in [-0.25, -0.2) is 4.79 Å². The van der Waals surface area contributed by atoms with Crippen molar-refractivity contribution in [2.45, 2.75) is 105 Å². The Labute approximate surface area is 258 Å². The van der Waals surface area contributed by atoms with Crippen LogP contribution in [0.25, 0.3) is 0 Å². The van der Waals surface area contributed by atoms with Crippen LogP contribution in [0.2, 0.25) is 0 Å². The number of hydrogen-bond acceptors (Lipinski definition) is 4. The fourth-order valence-electron chi connectivity index (χ4n) is 6.52. The van der Waals surface area contributed by atoms with Crippen molar-refractivity contribution in [3.63, 3.8) is 0 Å². The summed E-state index contributed by atoms with van der Waals surface area (Å²) in [7, 11) is 0. The van der Waals surface area contributed by atoms with Crippen LogP contribution in [0, 0.1) is 25.7 Å². The minimum absolute atomic E-state index is 0.0130. The highest BCUT2D eigenvalue weighted by Gasteiger charge is 2.41. The molecule has 2 fully saturated rings. The molecule has 0 aromatic heterocycles. The van der Waals surface area contributed by atoms with Crippen LogP contribution in [0.1, 0.15) is 101 Å². The van der Waals surface area contributed by atoms with Crippen molar-refractivity contribution in [1.82, 2.24) is 9.80 Å². The van der Waals surface area contributed by atoms with Crippen molar-refractivity contribution in [2.24, 2.45) is 11.8 Å². The first-order valence-corrected chi connectivity index (χ1v) is 15.9. The summed E-state index contributed by atoms with van der Waals surface area (Å²) in [6.45, 7) is 18.0. The number of anilines is 1. The Bertz CT molecular complexity index is 1290. The average molecular weight is 590 g/mol. The van der Waals surface area contributed by atoms with Gasteiger partial charge < -0.3 is 19.9 Å². The maximum absolute atomic E-state index is 14.2. The number of hydrogen-bond donors (Lipinski definition) is 1. The summed E-state index contributed by atoms with van der Waals surface area (Å²) in [4.78, 5) is 44.6. The summed E-state index contributed by atoms with van der Waals surface area (Å²) >= 11 is 0. The molecule has 2 atom stereocenters. The molecule has 43 heavy (non-hydrogen) atoms. The normalized spacial score (nSPS) is 20.1. The van der Waals surface area contributed by atoms with Crippen LogP contribution in [0.3, 0.4) is 0 Å². The molecule has 2 aromatic rings. The molecule has 0 radical (unpaired) electrons. The third kappa shape index (κ3) is 8.18. The highest BCUT2D eigenvalue weighted by molar-refractivity contribution is 5.98. The molecule has 2 aliphatic heterocycles. The summed E-state index contributed by atoms with van der Waals surface area (Å²) in [5.74, 6) is -0.0287. The molecule has 7 nitrogen and oxygen atoms in total. The number of carbonyl (C=O) groups is 3. The van der Waals surface area contributed by atoms with E-state index in [1.54, 1.807) is 4.90 Å². The van der Waals surface area contributed by atoms with Gasteiger partial charge in [0, 0.05) is 36.9 Å². The molecule has 0 spiro atoms. The van der Waals surface area contributed by atoms with Gasteiger partial charge in [-0.1, -0.05) is 51.1 Å². The second-order valence-corrected chi connectivity index (χ2v) is 14.5. The summed E-state index contributed by atoms with van der Waals surface area (Å²) in [5, 5.41) is 3.21. The summed E-state index contributed by atoms with van der Waals surface area (Å²) < 4.78 is 5.60. The van der Waals surface area contributed by atoms with E-state index < -0.39 is 5.60 Å². The molecule has 2 aromatic carbocycles. The first kappa shape index (κ1) is 32.6. The van der Waals surface area contributed by atoms with Gasteiger partial charge in [-0.15, -0.1) is 0 Å². The molecule has 1 N–H and O–H groups in total. The molecule has 3 amide bonds. The van der Waals surface area contributed by atoms with E-state index in [1.165, 1.54) is 0 Å². The van der Waals surface area contributed by atoms with Crippen molar-refractivity contribution in [3.05, 3.63) is 64.7 Å². The highest BCUT2D eigenvalue weighted by atomic mass is 16.6. The van der Waals surface area contributed by atoms with Crippen molar-refractivity contribution in [1.29, 1.82) is 0 Å². The Morgan fingerprint density at radius 1 is 0.884 bits per heavy atom. The van der Waals surface area contributed by atoms with Gasteiger partial charge in [0.2, 0.25) is 5.91 Å². The number of nitrogens with zero attached hydrogens (tertiary/aromatic N) is 2. The fraction of sp³-hybridized carbons (Fsp3) is 0.583. The van der Waals surface area contributed by atoms with E-state index in [1.807, 2.05) is 69.9 Å². The summed E-state index contributed by atoms with van der Waals surface area (Å²) in [5.41, 5.74) is 4.05. The number of carbonyl (C=O) groups excluding carboxylic acids is 3. The molecular weight excluding hydrogens is 538 g/mol. The van der Waals surface area contributed by atoms with E-state index in [2.05, 4.69) is 38.2 Å². The van der Waals surface area contributed by atoms with Gasteiger partial charge in [-0.3, -0.25) is 9.59 Å². The first-order valence-electron chi connectivity index (χ1n) is 15.9. The number of nitrogens with one attached hydrogen (secondary N) is 1. The fourth-order valence-corrected chi connectivity index (χ4v) is 6.52. The number of rotatable bonds is 5. The summed E-state index contributed by atoms with van der Waals surface area (Å²) in [6, 6.07) is 13.8. The lowest BCUT2D eigenvalue weighted by Crippen LogP contribution is -2.53. The second kappa shape index (κ2) is 13.1. The average Bonchev–Trinajstić information content (AvgIpc) is 2.92. The standard InChI is InChI=1S/C36H51N3O4/c1-24-12-9-13-25(2)31(24)33(41)39-19-11-16-29(32(40)37-28-15-10-14-27(23-28)35(3,4)5)30(39)22-26-17-20-38(21-18-26)34(42)43-36(6,7)8/h9-10,12-15,23,26,29-30H,11,16-22H2,1-8H3,(H,37,40). The lowest BCUT2D eigenvalue weighted by molar-refractivity contribution is -0.123. The molecule has 2 unspecified atom stereocenters. The van der Waals surface area contributed by atoms with E-state index in [4.69, 9.17) is 4.74 Å². The molecule has 2 aliphatic rings. The van der Waals surface area contributed by atoms with Gasteiger partial charge in [-0.2, -0.15) is 0 Å². The van der Waals surface area contributed by atoms with Crippen LogP contribution in [-0.2, 0) is 14.9 Å². The van der Waals surface area contributed by atoms with Crippen molar-refractivity contribution < 1.29 is 19.1 Å². The van der Waals surface area contributed by atoms with E-state index in [0.29, 0.717) is 25.6 Å². The van der Waals surface area contributed by atoms with E-state index >= 15 is 0 Å². The largest absolute Gasteiger partial charge is 0.444 e. The van der Waals surface area contributed by atoms with E-state index in [-0.39, 0.29) is 35.3 Å². The molecule has 7 heteroatoms. The molecule has 2 heterocycles. The quantitative estimate of drug-likeness (QED) is 0.392. The number of likely N-dealkylation sites (tertiary alicyclic amines) is 2. The number of benzene rings is 2. The minimum Gasteiger partial charge on any atom is -0.444 e. The smallest absolute Gasteiger partial charge is 0.410 e. The molecular formula is C36H51N3O4. The lowest BCUT2D eigenvalue weighted by atomic mass is 9.79. The highest BCUT2D eigenvalue weighted by Crippen LogP contribution is 2.35. The number of aryl methyl sites for hydroxylation is 2. The number of piperidine rings is 2. The van der Waals surface area contributed by atoms with Crippen molar-refractivity contribution in [2.75, 3.05) is 25.0 Å². The van der Waals surface area contributed by atoms with Crippen LogP contribution < -0.4 is 5.32 Å². The molecule has 2 saturated heterocycles. The Balaban J connectivity index is 1.57. The SMILES string of the molecule is Cc1cccc(C)c1C(=O)N1CCCC(C(=O)Nc2cccc(C(C)(C)C)c2)C1CC1CCN(C(=O)OC(C)(C)C)CC1. The van der Waals surface area contributed by atoms with Crippen LogP contribution in [0.4, 0.5) is 10.5 Å². The van der Waals surface area contributed by atoms with Crippen LogP contribution in [0.5, 0.6) is 0 Å². The topological polar surface area (TPSA) is 79.0 Å². The van der Waals surface area contributed by atoms with E-state index in [9.17, 15) is 14.4 Å². The van der Waals surface area contributed by atoms with Gasteiger partial charge in [0.1, 0.15) is 5.60 Å². The maximum Gasteiger partial charge on any atom is 0.410 e. The van der Waals surface area contributed by atoms with Gasteiger partial charge in [0.05, 0.1) is 5.92 Å². The first-order chi connectivity index (χ1) is 20.1. The maximum atomic E-state index is 14.2. The third-order valence-corrected chi connectivity index (χ3v) is 8.91. The molecule has 0 bridgehead atoms. The molecule has 0 aliphatic carbocycles. The zero-order valence-corrected chi connectivity index (χ0v) is 27.5. The third-order valence-electron chi connectivity index (χ3n) is 8.91. The van der Waals surface area contributed by atoms with Gasteiger partial charge >= 0.3 is 6.09 Å². The zero-order chi connectivity index (χ0) is 31.5. The number of amides is 3. The Kier molecular flexibility index (Phi) is 9.93. The minimum atomic E-state index is -0.530. The van der Waals surface area contributed by atoms with Gasteiger partial charge in [0.15, 0.2) is 0 Å². The summed E-state index contributed by atoms with van der Waals surface area (Å²) in [6.07, 6.45) is 3.63.